The Kier molecular flexibility index (Phi) is 5.66. The van der Waals surface area contributed by atoms with Crippen molar-refractivity contribution in [2.45, 2.75) is 25.3 Å². The van der Waals surface area contributed by atoms with Gasteiger partial charge in [0.1, 0.15) is 12.4 Å². The summed E-state index contributed by atoms with van der Waals surface area (Å²) in [4.78, 5) is 20.8. The van der Waals surface area contributed by atoms with Crippen LogP contribution in [0.25, 0.3) is 10.9 Å². The first kappa shape index (κ1) is 21.6. The molecule has 1 saturated heterocycles. The molecule has 1 N–H and O–H groups in total. The molecular formula is C26H31N3O4. The quantitative estimate of drug-likeness (QED) is 0.623. The summed E-state index contributed by atoms with van der Waals surface area (Å²) in [7, 11) is 3.35. The van der Waals surface area contributed by atoms with Crippen LogP contribution in [0.4, 0.5) is 0 Å². The molecule has 5 rings (SSSR count). The summed E-state index contributed by atoms with van der Waals surface area (Å²) < 4.78 is 16.9. The Labute approximate surface area is 194 Å². The number of aromatic amines is 1. The number of methoxy groups -OCH3 is 2. The number of benzene rings is 2. The summed E-state index contributed by atoms with van der Waals surface area (Å²) in [5, 5.41) is 1.20. The van der Waals surface area contributed by atoms with Crippen LogP contribution < -0.4 is 14.2 Å². The van der Waals surface area contributed by atoms with Crippen molar-refractivity contribution < 1.29 is 19.0 Å². The van der Waals surface area contributed by atoms with E-state index in [1.807, 2.05) is 30.3 Å². The monoisotopic (exact) mass is 449 g/mol. The number of nitrogens with one attached hydrogen (secondary N) is 1. The van der Waals surface area contributed by atoms with Gasteiger partial charge in [-0.25, -0.2) is 0 Å². The predicted octanol–water partition coefficient (Wildman–Crippen LogP) is 3.57. The number of carbonyl (C=O) groups is 1. The maximum atomic E-state index is 12.7. The Morgan fingerprint density at radius 2 is 1.91 bits per heavy atom. The highest BCUT2D eigenvalue weighted by molar-refractivity contribution is 5.87. The van der Waals surface area contributed by atoms with E-state index in [1.54, 1.807) is 21.1 Å². The van der Waals surface area contributed by atoms with Crippen LogP contribution in [0.1, 0.15) is 24.6 Å². The van der Waals surface area contributed by atoms with Gasteiger partial charge in [0.25, 0.3) is 0 Å². The van der Waals surface area contributed by atoms with Crippen LogP contribution in [0.5, 0.6) is 17.2 Å². The van der Waals surface area contributed by atoms with E-state index in [9.17, 15) is 4.79 Å². The summed E-state index contributed by atoms with van der Waals surface area (Å²) in [6.45, 7) is 5.47. The molecule has 33 heavy (non-hydrogen) atoms. The molecule has 7 heteroatoms. The molecule has 2 aliphatic rings. The smallest absolute Gasteiger partial charge is 0.220 e. The maximum Gasteiger partial charge on any atom is 0.220 e. The molecule has 2 aromatic carbocycles. The normalized spacial score (nSPS) is 20.3. The van der Waals surface area contributed by atoms with E-state index < -0.39 is 0 Å². The minimum Gasteiger partial charge on any atom is -0.497 e. The Balaban J connectivity index is 1.39. The summed E-state index contributed by atoms with van der Waals surface area (Å²) in [6.07, 6.45) is 1.75. The number of H-pyrrole nitrogens is 1. The van der Waals surface area contributed by atoms with E-state index in [1.165, 1.54) is 16.6 Å². The van der Waals surface area contributed by atoms with Crippen molar-refractivity contribution in [1.29, 1.82) is 0 Å². The molecule has 1 atom stereocenters. The molecule has 2 aliphatic heterocycles. The van der Waals surface area contributed by atoms with Crippen LogP contribution in [0.15, 0.2) is 42.5 Å². The van der Waals surface area contributed by atoms with Crippen molar-refractivity contribution >= 4 is 16.8 Å². The molecule has 7 nitrogen and oxygen atoms in total. The Morgan fingerprint density at radius 1 is 1.09 bits per heavy atom. The second kappa shape index (κ2) is 8.63. The Morgan fingerprint density at radius 3 is 2.67 bits per heavy atom. The van der Waals surface area contributed by atoms with Gasteiger partial charge in [0.05, 0.1) is 19.8 Å². The third-order valence-electron chi connectivity index (χ3n) is 7.12. The Hall–Kier alpha value is -3.19. The number of amides is 1. The number of ether oxygens (including phenoxy) is 3. The first-order valence-electron chi connectivity index (χ1n) is 11.5. The first-order chi connectivity index (χ1) is 16.1. The number of aromatic nitrogens is 1. The lowest BCUT2D eigenvalue weighted by Crippen LogP contribution is -2.54. The number of rotatable bonds is 6. The maximum absolute atomic E-state index is 12.7. The van der Waals surface area contributed by atoms with E-state index in [4.69, 9.17) is 14.2 Å². The molecule has 1 fully saturated rings. The average Bonchev–Trinajstić information content (AvgIpc) is 3.42. The zero-order chi connectivity index (χ0) is 23.0. The molecule has 1 spiro atoms. The lowest BCUT2D eigenvalue weighted by atomic mass is 9.84. The van der Waals surface area contributed by atoms with Crippen LogP contribution in [0.2, 0.25) is 0 Å². The van der Waals surface area contributed by atoms with E-state index in [0.29, 0.717) is 6.61 Å². The van der Waals surface area contributed by atoms with Crippen LogP contribution in [0.3, 0.4) is 0 Å². The highest BCUT2D eigenvalue weighted by atomic mass is 16.5. The standard InChI is InChI=1S/C26H31N3O4/c1-18(30)29-12-10-20-21-16-19(31-2)8-9-22(21)27-25(20)26(29)11-13-28(17-26)14-15-33-24-7-5-4-6-23(24)32-3/h4-9,16,27H,10-15,17H2,1-3H3. The summed E-state index contributed by atoms with van der Waals surface area (Å²) in [5.41, 5.74) is 3.26. The summed E-state index contributed by atoms with van der Waals surface area (Å²) >= 11 is 0. The van der Waals surface area contributed by atoms with Gasteiger partial charge in [-0.2, -0.15) is 0 Å². The van der Waals surface area contributed by atoms with Gasteiger partial charge >= 0.3 is 0 Å². The van der Waals surface area contributed by atoms with Gasteiger partial charge in [0, 0.05) is 49.7 Å². The minimum absolute atomic E-state index is 0.129. The third kappa shape index (κ3) is 3.70. The van der Waals surface area contributed by atoms with Crippen LogP contribution in [-0.2, 0) is 16.8 Å². The van der Waals surface area contributed by atoms with Crippen LogP contribution >= 0.6 is 0 Å². The highest BCUT2D eigenvalue weighted by Gasteiger charge is 2.50. The van der Waals surface area contributed by atoms with Gasteiger partial charge < -0.3 is 24.1 Å². The van der Waals surface area contributed by atoms with E-state index in [0.717, 1.165) is 61.8 Å². The molecular weight excluding hydrogens is 418 g/mol. The number of nitrogens with zero attached hydrogens (tertiary/aromatic N) is 2. The van der Waals surface area contributed by atoms with Gasteiger partial charge in [-0.05, 0) is 48.7 Å². The van der Waals surface area contributed by atoms with E-state index >= 15 is 0 Å². The fraction of sp³-hybridized carbons (Fsp3) is 0.423. The van der Waals surface area contributed by atoms with Crippen LogP contribution in [-0.4, -0.2) is 67.7 Å². The van der Waals surface area contributed by atoms with Crippen molar-refractivity contribution in [2.75, 3.05) is 47.0 Å². The number of hydrogen-bond donors (Lipinski definition) is 1. The van der Waals surface area contributed by atoms with Crippen LogP contribution in [0, 0.1) is 0 Å². The van der Waals surface area contributed by atoms with E-state index in [-0.39, 0.29) is 11.4 Å². The predicted molar refractivity (Wildman–Crippen MR) is 127 cm³/mol. The largest absolute Gasteiger partial charge is 0.497 e. The van der Waals surface area contributed by atoms with Gasteiger partial charge in [-0.15, -0.1) is 0 Å². The van der Waals surface area contributed by atoms with Crippen molar-refractivity contribution in [3.8, 4) is 17.2 Å². The number of likely N-dealkylation sites (tertiary alicyclic amines) is 1. The SMILES string of the molecule is COc1ccc2[nH]c3c(c2c1)CCN(C(C)=O)C31CCN(CCOc2ccccc2OC)C1. The van der Waals surface area contributed by atoms with Gasteiger partial charge in [0.2, 0.25) is 5.91 Å². The number of carbonyl (C=O) groups excluding carboxylic acids is 1. The highest BCUT2D eigenvalue weighted by Crippen LogP contribution is 2.45. The zero-order valence-electron chi connectivity index (χ0n) is 19.5. The van der Waals surface area contributed by atoms with E-state index in [2.05, 4.69) is 26.9 Å². The molecule has 0 bridgehead atoms. The lowest BCUT2D eigenvalue weighted by molar-refractivity contribution is -0.136. The van der Waals surface area contributed by atoms with Gasteiger partial charge in [-0.1, -0.05) is 12.1 Å². The minimum atomic E-state index is -0.337. The van der Waals surface area contributed by atoms with Crippen molar-refractivity contribution in [1.82, 2.24) is 14.8 Å². The summed E-state index contributed by atoms with van der Waals surface area (Å²) in [6, 6.07) is 13.9. The topological polar surface area (TPSA) is 67.0 Å². The zero-order valence-corrected chi connectivity index (χ0v) is 19.5. The number of para-hydroxylation sites is 2. The molecule has 0 saturated carbocycles. The Bertz CT molecular complexity index is 1170. The molecule has 3 heterocycles. The van der Waals surface area contributed by atoms with Gasteiger partial charge in [-0.3, -0.25) is 9.69 Å². The molecule has 3 aromatic rings. The van der Waals surface area contributed by atoms with Crippen molar-refractivity contribution in [2.24, 2.45) is 0 Å². The molecule has 1 aromatic heterocycles. The van der Waals surface area contributed by atoms with Crippen molar-refractivity contribution in [3.63, 3.8) is 0 Å². The van der Waals surface area contributed by atoms with Gasteiger partial charge in [0.15, 0.2) is 11.5 Å². The molecule has 0 radical (unpaired) electrons. The average molecular weight is 450 g/mol. The lowest BCUT2D eigenvalue weighted by Gasteiger charge is -2.44. The molecule has 0 aliphatic carbocycles. The van der Waals surface area contributed by atoms with Crippen molar-refractivity contribution in [3.05, 3.63) is 53.7 Å². The number of fused-ring (bicyclic) bond motifs is 4. The number of hydrogen-bond acceptors (Lipinski definition) is 5. The second-order valence-electron chi connectivity index (χ2n) is 8.87. The summed E-state index contributed by atoms with van der Waals surface area (Å²) in [5.74, 6) is 2.48. The second-order valence-corrected chi connectivity index (χ2v) is 8.87. The first-order valence-corrected chi connectivity index (χ1v) is 11.5. The fourth-order valence-corrected chi connectivity index (χ4v) is 5.55. The molecule has 1 amide bonds. The molecule has 1 unspecified atom stereocenters. The molecule has 174 valence electrons. The third-order valence-corrected chi connectivity index (χ3v) is 7.12. The fourth-order valence-electron chi connectivity index (χ4n) is 5.55.